The third kappa shape index (κ3) is 3.78. The Morgan fingerprint density at radius 1 is 1.47 bits per heavy atom. The van der Waals surface area contributed by atoms with E-state index in [0.29, 0.717) is 18.0 Å². The Hall–Kier alpha value is -1.39. The highest BCUT2D eigenvalue weighted by Crippen LogP contribution is 2.15. The summed E-state index contributed by atoms with van der Waals surface area (Å²) in [7, 11) is 0. The second kappa shape index (κ2) is 6.68. The van der Waals surface area contributed by atoms with Crippen molar-refractivity contribution in [3.05, 3.63) is 35.4 Å². The van der Waals surface area contributed by atoms with Gasteiger partial charge in [0.25, 0.3) is 0 Å². The lowest BCUT2D eigenvalue weighted by atomic mass is 10.1. The molecule has 4 nitrogen and oxygen atoms in total. The highest BCUT2D eigenvalue weighted by atomic mass is 16.4. The highest BCUT2D eigenvalue weighted by Gasteiger charge is 2.20. The molecule has 104 valence electrons. The van der Waals surface area contributed by atoms with Crippen LogP contribution in [0, 0.1) is 5.92 Å². The quantitative estimate of drug-likeness (QED) is 0.821. The molecule has 2 N–H and O–H groups in total. The fourth-order valence-electron chi connectivity index (χ4n) is 2.66. The number of carboxylic acids is 1. The third-order valence-corrected chi connectivity index (χ3v) is 3.81. The van der Waals surface area contributed by atoms with Crippen LogP contribution in [-0.4, -0.2) is 42.2 Å². The molecule has 1 unspecified atom stereocenters. The van der Waals surface area contributed by atoms with Gasteiger partial charge in [-0.3, -0.25) is 0 Å². The molecule has 1 heterocycles. The van der Waals surface area contributed by atoms with E-state index in [1.54, 1.807) is 12.1 Å². The van der Waals surface area contributed by atoms with Crippen LogP contribution in [0.15, 0.2) is 24.3 Å². The van der Waals surface area contributed by atoms with Gasteiger partial charge in [-0.15, -0.1) is 0 Å². The lowest BCUT2D eigenvalue weighted by molar-refractivity contribution is 0.0695. The molecule has 0 aromatic heterocycles. The maximum absolute atomic E-state index is 11.1. The maximum Gasteiger partial charge on any atom is 0.336 e. The second-order valence-corrected chi connectivity index (χ2v) is 5.14. The molecule has 0 aliphatic carbocycles. The van der Waals surface area contributed by atoms with E-state index in [9.17, 15) is 4.79 Å². The van der Waals surface area contributed by atoms with Gasteiger partial charge in [0.2, 0.25) is 0 Å². The molecule has 1 aliphatic heterocycles. The molecule has 4 heteroatoms. The zero-order chi connectivity index (χ0) is 13.7. The van der Waals surface area contributed by atoms with Crippen LogP contribution in [0.2, 0.25) is 0 Å². The van der Waals surface area contributed by atoms with Crippen LogP contribution in [0.4, 0.5) is 0 Å². The third-order valence-electron chi connectivity index (χ3n) is 3.81. The molecule has 19 heavy (non-hydrogen) atoms. The van der Waals surface area contributed by atoms with Gasteiger partial charge < -0.3 is 15.3 Å². The van der Waals surface area contributed by atoms with E-state index in [1.807, 2.05) is 12.1 Å². The Labute approximate surface area is 114 Å². The first-order valence-corrected chi connectivity index (χ1v) is 6.95. The molecular formula is C15H22N2O2. The molecule has 0 bridgehead atoms. The Bertz CT molecular complexity index is 434. The minimum Gasteiger partial charge on any atom is -0.478 e. The molecule has 0 radical (unpaired) electrons. The number of carbonyl (C=O) groups is 1. The van der Waals surface area contributed by atoms with Crippen molar-refractivity contribution < 1.29 is 9.90 Å². The van der Waals surface area contributed by atoms with Gasteiger partial charge in [-0.1, -0.05) is 25.1 Å². The smallest absolute Gasteiger partial charge is 0.336 e. The summed E-state index contributed by atoms with van der Waals surface area (Å²) in [5, 5.41) is 12.5. The summed E-state index contributed by atoms with van der Waals surface area (Å²) in [6, 6.07) is 7.19. The van der Waals surface area contributed by atoms with Crippen LogP contribution < -0.4 is 5.32 Å². The second-order valence-electron chi connectivity index (χ2n) is 5.14. The number of carboxylic acid groups (broad SMARTS) is 1. The van der Waals surface area contributed by atoms with Crippen molar-refractivity contribution in [2.45, 2.75) is 19.9 Å². The lowest BCUT2D eigenvalue weighted by Gasteiger charge is -2.14. The van der Waals surface area contributed by atoms with Gasteiger partial charge in [0.15, 0.2) is 0 Å². The number of hydrogen-bond acceptors (Lipinski definition) is 3. The molecule has 1 aromatic rings. The molecule has 1 aromatic carbocycles. The van der Waals surface area contributed by atoms with E-state index in [1.165, 1.54) is 13.0 Å². The summed E-state index contributed by atoms with van der Waals surface area (Å²) in [4.78, 5) is 13.5. The predicted molar refractivity (Wildman–Crippen MR) is 75.3 cm³/mol. The summed E-state index contributed by atoms with van der Waals surface area (Å²) < 4.78 is 0. The van der Waals surface area contributed by atoms with E-state index in [2.05, 4.69) is 17.1 Å². The zero-order valence-corrected chi connectivity index (χ0v) is 11.4. The highest BCUT2D eigenvalue weighted by molar-refractivity contribution is 5.89. The molecule has 1 atom stereocenters. The number of nitrogens with zero attached hydrogens (tertiary/aromatic N) is 1. The average Bonchev–Trinajstić information content (AvgIpc) is 2.87. The zero-order valence-electron chi connectivity index (χ0n) is 11.4. The van der Waals surface area contributed by atoms with Crippen molar-refractivity contribution in [2.75, 3.05) is 26.2 Å². The van der Waals surface area contributed by atoms with E-state index < -0.39 is 5.97 Å². The Morgan fingerprint density at radius 3 is 2.95 bits per heavy atom. The van der Waals surface area contributed by atoms with Crippen molar-refractivity contribution in [2.24, 2.45) is 5.92 Å². The summed E-state index contributed by atoms with van der Waals surface area (Å²) >= 11 is 0. The van der Waals surface area contributed by atoms with E-state index in [4.69, 9.17) is 5.11 Å². The first-order valence-electron chi connectivity index (χ1n) is 6.95. The van der Waals surface area contributed by atoms with E-state index >= 15 is 0 Å². The number of hydrogen-bond donors (Lipinski definition) is 2. The minimum atomic E-state index is -0.851. The average molecular weight is 262 g/mol. The molecule has 1 aliphatic rings. The Balaban J connectivity index is 1.82. The first kappa shape index (κ1) is 14.0. The summed E-state index contributed by atoms with van der Waals surface area (Å²) in [5.74, 6) is -0.160. The minimum absolute atomic E-state index is 0.400. The van der Waals surface area contributed by atoms with Gasteiger partial charge in [0.1, 0.15) is 0 Å². The van der Waals surface area contributed by atoms with Crippen LogP contribution in [0.5, 0.6) is 0 Å². The number of nitrogens with one attached hydrogen (secondary N) is 1. The van der Waals surface area contributed by atoms with Crippen LogP contribution >= 0.6 is 0 Å². The molecule has 0 saturated carbocycles. The van der Waals surface area contributed by atoms with Gasteiger partial charge in [0, 0.05) is 13.1 Å². The van der Waals surface area contributed by atoms with Crippen molar-refractivity contribution in [1.82, 2.24) is 10.2 Å². The van der Waals surface area contributed by atoms with Gasteiger partial charge in [-0.05, 0) is 43.6 Å². The van der Waals surface area contributed by atoms with Crippen LogP contribution in [0.3, 0.4) is 0 Å². The van der Waals surface area contributed by atoms with Crippen molar-refractivity contribution >= 4 is 5.97 Å². The van der Waals surface area contributed by atoms with E-state index in [0.717, 1.165) is 25.2 Å². The van der Waals surface area contributed by atoms with Crippen molar-refractivity contribution in [3.8, 4) is 0 Å². The predicted octanol–water partition coefficient (Wildman–Crippen LogP) is 1.82. The Kier molecular flexibility index (Phi) is 4.93. The van der Waals surface area contributed by atoms with Gasteiger partial charge in [0.05, 0.1) is 5.56 Å². The molecule has 1 saturated heterocycles. The van der Waals surface area contributed by atoms with Crippen LogP contribution in [0.1, 0.15) is 29.3 Å². The lowest BCUT2D eigenvalue weighted by Crippen LogP contribution is -2.26. The Morgan fingerprint density at radius 2 is 2.26 bits per heavy atom. The van der Waals surface area contributed by atoms with E-state index in [-0.39, 0.29) is 0 Å². The van der Waals surface area contributed by atoms with Gasteiger partial charge in [-0.2, -0.15) is 0 Å². The van der Waals surface area contributed by atoms with Crippen LogP contribution in [0.25, 0.3) is 0 Å². The molecular weight excluding hydrogens is 240 g/mol. The number of aromatic carboxylic acids is 1. The summed E-state index contributed by atoms with van der Waals surface area (Å²) in [6.45, 7) is 7.26. The first-order chi connectivity index (χ1) is 9.20. The van der Waals surface area contributed by atoms with Crippen LogP contribution in [-0.2, 0) is 6.54 Å². The molecule has 0 amide bonds. The standard InChI is InChI=1S/C15H22N2O2/c1-2-17-8-7-12(11-17)9-16-10-13-5-3-4-6-14(13)15(18)19/h3-6,12,16H,2,7-11H2,1H3,(H,18,19). The SMILES string of the molecule is CCN1CCC(CNCc2ccccc2C(=O)O)C1. The van der Waals surface area contributed by atoms with Gasteiger partial charge in [-0.25, -0.2) is 4.79 Å². The van der Waals surface area contributed by atoms with Crippen molar-refractivity contribution in [3.63, 3.8) is 0 Å². The van der Waals surface area contributed by atoms with Gasteiger partial charge >= 0.3 is 5.97 Å². The number of rotatable bonds is 6. The summed E-state index contributed by atoms with van der Waals surface area (Å²) in [6.07, 6.45) is 1.24. The normalized spacial score (nSPS) is 19.7. The fraction of sp³-hybridized carbons (Fsp3) is 0.533. The maximum atomic E-state index is 11.1. The molecule has 1 fully saturated rings. The molecule has 0 spiro atoms. The van der Waals surface area contributed by atoms with Crippen molar-refractivity contribution in [1.29, 1.82) is 0 Å². The molecule has 2 rings (SSSR count). The summed E-state index contributed by atoms with van der Waals surface area (Å²) in [5.41, 5.74) is 1.26. The largest absolute Gasteiger partial charge is 0.478 e. The topological polar surface area (TPSA) is 52.6 Å². The number of benzene rings is 1. The number of likely N-dealkylation sites (tertiary alicyclic amines) is 1. The monoisotopic (exact) mass is 262 g/mol. The fourth-order valence-corrected chi connectivity index (χ4v) is 2.66.